The maximum Gasteiger partial charge on any atom is 0.332 e. The largest absolute Gasteiger partial charge is 0.484 e. The van der Waals surface area contributed by atoms with Gasteiger partial charge in [0.15, 0.2) is 12.1 Å². The number of hydrogen-bond acceptors (Lipinski definition) is 6. The van der Waals surface area contributed by atoms with Crippen molar-refractivity contribution in [3.05, 3.63) is 56.5 Å². The second-order valence-electron chi connectivity index (χ2n) is 8.74. The molecule has 0 saturated heterocycles. The Morgan fingerprint density at radius 2 is 1.83 bits per heavy atom. The van der Waals surface area contributed by atoms with Gasteiger partial charge in [0.1, 0.15) is 17.2 Å². The summed E-state index contributed by atoms with van der Waals surface area (Å²) in [5, 5.41) is 2.75. The Morgan fingerprint density at radius 3 is 2.49 bits per heavy atom. The summed E-state index contributed by atoms with van der Waals surface area (Å²) in [4.78, 5) is 45.4. The van der Waals surface area contributed by atoms with E-state index in [4.69, 9.17) is 10.5 Å². The zero-order chi connectivity index (χ0) is 25.4. The molecule has 1 unspecified atom stereocenters. The average molecular weight is 485 g/mol. The molecule has 10 nitrogen and oxygen atoms in total. The van der Waals surface area contributed by atoms with Gasteiger partial charge in [-0.3, -0.25) is 18.7 Å². The van der Waals surface area contributed by atoms with Crippen molar-refractivity contribution in [1.82, 2.24) is 24.4 Å². The van der Waals surface area contributed by atoms with Gasteiger partial charge in [-0.05, 0) is 49.9 Å². The van der Waals surface area contributed by atoms with Crippen LogP contribution in [0.15, 0.2) is 33.9 Å². The lowest BCUT2D eigenvalue weighted by molar-refractivity contribution is -0.123. The number of benzene rings is 1. The first-order valence-corrected chi connectivity index (χ1v) is 12.3. The van der Waals surface area contributed by atoms with Crippen molar-refractivity contribution in [3.8, 4) is 5.75 Å². The van der Waals surface area contributed by atoms with Crippen molar-refractivity contribution in [2.24, 2.45) is 5.73 Å². The lowest BCUT2D eigenvalue weighted by Gasteiger charge is -2.11. The monoisotopic (exact) mass is 484 g/mol. The van der Waals surface area contributed by atoms with E-state index >= 15 is 0 Å². The first kappa shape index (κ1) is 26.2. The Balaban J connectivity index is 1.73. The molecule has 10 heteroatoms. The fourth-order valence-corrected chi connectivity index (χ4v) is 3.97. The number of fused-ring (bicyclic) bond motifs is 1. The van der Waals surface area contributed by atoms with Crippen LogP contribution in [0.3, 0.4) is 0 Å². The molecule has 0 radical (unpaired) electrons. The van der Waals surface area contributed by atoms with Gasteiger partial charge in [0, 0.05) is 25.6 Å². The number of amides is 1. The number of aromatic amines is 1. The van der Waals surface area contributed by atoms with Crippen LogP contribution in [0.2, 0.25) is 0 Å². The number of carbonyl (C=O) groups excluding carboxylic acids is 1. The molecule has 2 heterocycles. The number of rotatable bonds is 13. The van der Waals surface area contributed by atoms with Gasteiger partial charge >= 0.3 is 5.69 Å². The van der Waals surface area contributed by atoms with E-state index in [1.165, 1.54) is 4.57 Å². The summed E-state index contributed by atoms with van der Waals surface area (Å²) < 4.78 is 8.44. The first-order chi connectivity index (χ1) is 16.9. The van der Waals surface area contributed by atoms with Gasteiger partial charge in [0.2, 0.25) is 0 Å². The Bertz CT molecular complexity index is 1240. The molecule has 0 bridgehead atoms. The molecule has 1 atom stereocenters. The molecule has 1 amide bonds. The minimum absolute atomic E-state index is 0.00769. The van der Waals surface area contributed by atoms with Crippen LogP contribution >= 0.6 is 0 Å². The molecule has 0 saturated carbocycles. The predicted molar refractivity (Wildman–Crippen MR) is 136 cm³/mol. The number of nitrogens with two attached hydrogens (primary N) is 1. The third-order valence-corrected chi connectivity index (χ3v) is 5.78. The summed E-state index contributed by atoms with van der Waals surface area (Å²) >= 11 is 0. The quantitative estimate of drug-likeness (QED) is 0.317. The van der Waals surface area contributed by atoms with Gasteiger partial charge in [-0.25, -0.2) is 9.78 Å². The van der Waals surface area contributed by atoms with E-state index < -0.39 is 0 Å². The number of aromatic nitrogens is 4. The maximum absolute atomic E-state index is 12.9. The lowest BCUT2D eigenvalue weighted by atomic mass is 10.0. The number of imidazole rings is 1. The summed E-state index contributed by atoms with van der Waals surface area (Å²) in [6, 6.07) is 7.55. The molecule has 0 aliphatic heterocycles. The Morgan fingerprint density at radius 1 is 1.14 bits per heavy atom. The van der Waals surface area contributed by atoms with E-state index in [1.54, 1.807) is 4.57 Å². The van der Waals surface area contributed by atoms with Crippen molar-refractivity contribution in [2.45, 2.75) is 65.5 Å². The molecule has 0 spiro atoms. The third-order valence-electron chi connectivity index (χ3n) is 5.78. The van der Waals surface area contributed by atoms with Gasteiger partial charge in [-0.15, -0.1) is 0 Å². The first-order valence-electron chi connectivity index (χ1n) is 12.3. The number of nitrogens with zero attached hydrogens (tertiary/aromatic N) is 3. The molecule has 4 N–H and O–H groups in total. The van der Waals surface area contributed by atoms with Crippen LogP contribution in [0, 0.1) is 0 Å². The summed E-state index contributed by atoms with van der Waals surface area (Å²) in [5.74, 6) is 1.09. The van der Waals surface area contributed by atoms with Crippen LogP contribution < -0.4 is 27.0 Å². The van der Waals surface area contributed by atoms with Crippen LogP contribution in [0.5, 0.6) is 5.75 Å². The van der Waals surface area contributed by atoms with Crippen LogP contribution in [0.25, 0.3) is 11.2 Å². The molecule has 1 aromatic carbocycles. The Hall–Kier alpha value is -3.40. The second-order valence-corrected chi connectivity index (χ2v) is 8.74. The molecular formula is C25H36N6O4. The van der Waals surface area contributed by atoms with E-state index in [0.29, 0.717) is 61.8 Å². The summed E-state index contributed by atoms with van der Waals surface area (Å²) in [7, 11) is 0. The van der Waals surface area contributed by atoms with Gasteiger partial charge in [-0.1, -0.05) is 32.9 Å². The van der Waals surface area contributed by atoms with Gasteiger partial charge in [-0.2, -0.15) is 0 Å². The normalized spacial score (nSPS) is 12.1. The van der Waals surface area contributed by atoms with Gasteiger partial charge in [0.25, 0.3) is 11.5 Å². The summed E-state index contributed by atoms with van der Waals surface area (Å²) in [6.45, 7) is 7.88. The summed E-state index contributed by atoms with van der Waals surface area (Å²) in [5.41, 5.74) is 6.64. The molecule has 0 fully saturated rings. The SMILES string of the molecule is CCCn1c(=O)c2nc(C(C)Cc3ccc(OCC(=O)NCCCN)cc3)[nH]c2n(CCC)c1=O. The van der Waals surface area contributed by atoms with Crippen molar-refractivity contribution >= 4 is 17.1 Å². The number of ether oxygens (including phenoxy) is 1. The highest BCUT2D eigenvalue weighted by Crippen LogP contribution is 2.21. The maximum atomic E-state index is 12.9. The molecule has 3 aromatic rings. The van der Waals surface area contributed by atoms with Crippen LogP contribution in [0.1, 0.15) is 57.3 Å². The standard InChI is InChI=1S/C25H36N6O4/c1-4-13-30-23-21(24(33)31(14-5-2)25(30)34)28-22(29-23)17(3)15-18-7-9-19(10-8-18)35-16-20(32)27-12-6-11-26/h7-10,17H,4-6,11-16,26H2,1-3H3,(H,27,32)(H,28,29). The van der Waals surface area contributed by atoms with E-state index in [9.17, 15) is 14.4 Å². The number of H-pyrrole nitrogens is 1. The Labute approximate surface area is 204 Å². The third kappa shape index (κ3) is 6.39. The molecule has 0 aliphatic rings. The number of aryl methyl sites for hydroxylation is 1. The zero-order valence-corrected chi connectivity index (χ0v) is 20.8. The lowest BCUT2D eigenvalue weighted by Crippen LogP contribution is -2.40. The smallest absolute Gasteiger partial charge is 0.332 e. The fourth-order valence-electron chi connectivity index (χ4n) is 3.97. The highest BCUT2D eigenvalue weighted by molar-refractivity contribution is 5.77. The molecule has 0 aliphatic carbocycles. The number of hydrogen-bond donors (Lipinski definition) is 3. The van der Waals surface area contributed by atoms with E-state index in [0.717, 1.165) is 18.4 Å². The highest BCUT2D eigenvalue weighted by Gasteiger charge is 2.19. The van der Waals surface area contributed by atoms with E-state index in [1.807, 2.05) is 45.0 Å². The second kappa shape index (κ2) is 12.3. The topological polar surface area (TPSA) is 137 Å². The fraction of sp³-hybridized carbons (Fsp3) is 0.520. The molecule has 2 aromatic heterocycles. The van der Waals surface area contributed by atoms with Crippen molar-refractivity contribution in [1.29, 1.82) is 0 Å². The Kier molecular flexibility index (Phi) is 9.25. The van der Waals surface area contributed by atoms with E-state index in [-0.39, 0.29) is 29.7 Å². The molecule has 3 rings (SSSR count). The van der Waals surface area contributed by atoms with Crippen molar-refractivity contribution in [2.75, 3.05) is 19.7 Å². The summed E-state index contributed by atoms with van der Waals surface area (Å²) in [6.07, 6.45) is 2.88. The number of carbonyl (C=O) groups is 1. The van der Waals surface area contributed by atoms with Crippen molar-refractivity contribution in [3.63, 3.8) is 0 Å². The van der Waals surface area contributed by atoms with E-state index in [2.05, 4.69) is 15.3 Å². The van der Waals surface area contributed by atoms with Crippen LogP contribution in [-0.2, 0) is 24.3 Å². The van der Waals surface area contributed by atoms with Gasteiger partial charge < -0.3 is 20.8 Å². The molecular weight excluding hydrogens is 448 g/mol. The molecule has 35 heavy (non-hydrogen) atoms. The van der Waals surface area contributed by atoms with Crippen LogP contribution in [0.4, 0.5) is 0 Å². The minimum Gasteiger partial charge on any atom is -0.484 e. The minimum atomic E-state index is -0.345. The average Bonchev–Trinajstić information content (AvgIpc) is 3.30. The zero-order valence-electron chi connectivity index (χ0n) is 20.8. The van der Waals surface area contributed by atoms with Gasteiger partial charge in [0.05, 0.1) is 0 Å². The number of nitrogens with one attached hydrogen (secondary N) is 2. The van der Waals surface area contributed by atoms with Crippen molar-refractivity contribution < 1.29 is 9.53 Å². The van der Waals surface area contributed by atoms with Crippen LogP contribution in [-0.4, -0.2) is 44.7 Å². The molecule has 190 valence electrons. The predicted octanol–water partition coefficient (Wildman–Crippen LogP) is 1.90. The highest BCUT2D eigenvalue weighted by atomic mass is 16.5.